The molecule has 15 heavy (non-hydrogen) atoms. The molecule has 1 amide bonds. The highest BCUT2D eigenvalue weighted by Gasteiger charge is 2.11. The number of rotatable bonds is 5. The van der Waals surface area contributed by atoms with Crippen LogP contribution >= 0.6 is 11.3 Å². The van der Waals surface area contributed by atoms with Gasteiger partial charge in [-0.25, -0.2) is 0 Å². The van der Waals surface area contributed by atoms with Crippen molar-refractivity contribution in [3.8, 4) is 0 Å². The van der Waals surface area contributed by atoms with Gasteiger partial charge in [-0.2, -0.15) is 0 Å². The van der Waals surface area contributed by atoms with Crippen LogP contribution in [0, 0.1) is 0 Å². The van der Waals surface area contributed by atoms with Crippen LogP contribution in [0.1, 0.15) is 30.7 Å². The van der Waals surface area contributed by atoms with E-state index in [1.54, 1.807) is 11.3 Å². The Hall–Kier alpha value is -0.870. The van der Waals surface area contributed by atoms with Gasteiger partial charge in [0.1, 0.15) is 0 Å². The van der Waals surface area contributed by atoms with E-state index < -0.39 is 0 Å². The predicted molar refractivity (Wildman–Crippen MR) is 63.8 cm³/mol. The number of nitrogens with two attached hydrogens (primary N) is 1. The number of amides is 1. The zero-order valence-corrected chi connectivity index (χ0v) is 10.1. The maximum absolute atomic E-state index is 11.4. The fourth-order valence-electron chi connectivity index (χ4n) is 1.32. The number of carbonyl (C=O) groups excluding carboxylic acids is 1. The average Bonchev–Trinajstić information content (AvgIpc) is 2.71. The van der Waals surface area contributed by atoms with Gasteiger partial charge in [-0.15, -0.1) is 11.3 Å². The Morgan fingerprint density at radius 1 is 1.60 bits per heavy atom. The molecule has 0 saturated carbocycles. The fraction of sp³-hybridized carbons (Fsp3) is 0.545. The summed E-state index contributed by atoms with van der Waals surface area (Å²) in [5.41, 5.74) is 6.93. The Morgan fingerprint density at radius 2 is 2.33 bits per heavy atom. The molecule has 84 valence electrons. The van der Waals surface area contributed by atoms with Crippen LogP contribution in [-0.2, 0) is 17.8 Å². The summed E-state index contributed by atoms with van der Waals surface area (Å²) in [6.45, 7) is 4.63. The van der Waals surface area contributed by atoms with Crippen molar-refractivity contribution in [2.24, 2.45) is 5.73 Å². The molecule has 0 saturated heterocycles. The first-order valence-corrected chi connectivity index (χ1v) is 6.15. The molecule has 1 rings (SSSR count). The molecule has 0 bridgehead atoms. The quantitative estimate of drug-likeness (QED) is 0.802. The lowest BCUT2D eigenvalue weighted by Gasteiger charge is -2.09. The van der Waals surface area contributed by atoms with E-state index in [2.05, 4.69) is 23.7 Å². The van der Waals surface area contributed by atoms with Crippen LogP contribution in [0.15, 0.2) is 11.4 Å². The zero-order chi connectivity index (χ0) is 11.3. The fourth-order valence-corrected chi connectivity index (χ4v) is 2.24. The van der Waals surface area contributed by atoms with Gasteiger partial charge in [0.2, 0.25) is 5.91 Å². The molecule has 1 heterocycles. The Balaban J connectivity index is 2.47. The highest BCUT2D eigenvalue weighted by atomic mass is 32.1. The Kier molecular flexibility index (Phi) is 4.78. The summed E-state index contributed by atoms with van der Waals surface area (Å²) in [7, 11) is 0. The molecule has 0 aliphatic heterocycles. The first-order chi connectivity index (χ1) is 7.19. The van der Waals surface area contributed by atoms with Crippen molar-refractivity contribution < 1.29 is 4.79 Å². The van der Waals surface area contributed by atoms with Crippen molar-refractivity contribution in [3.05, 3.63) is 21.9 Å². The van der Waals surface area contributed by atoms with Gasteiger partial charge in [0.15, 0.2) is 0 Å². The highest BCUT2D eigenvalue weighted by molar-refractivity contribution is 7.10. The molecule has 3 nitrogen and oxygen atoms in total. The number of thiophene rings is 1. The van der Waals surface area contributed by atoms with Crippen LogP contribution in [0.4, 0.5) is 0 Å². The maximum atomic E-state index is 11.4. The van der Waals surface area contributed by atoms with Gasteiger partial charge in [0.05, 0.1) is 12.6 Å². The van der Waals surface area contributed by atoms with Crippen LogP contribution in [0.2, 0.25) is 0 Å². The first-order valence-electron chi connectivity index (χ1n) is 5.27. The summed E-state index contributed by atoms with van der Waals surface area (Å²) in [6, 6.07) is 1.72. The van der Waals surface area contributed by atoms with E-state index in [1.807, 2.05) is 6.92 Å². The molecule has 0 fully saturated rings. The molecule has 0 spiro atoms. The van der Waals surface area contributed by atoms with Crippen LogP contribution in [0.25, 0.3) is 0 Å². The Morgan fingerprint density at radius 3 is 2.93 bits per heavy atom. The minimum atomic E-state index is -0.380. The molecule has 0 unspecified atom stereocenters. The maximum Gasteiger partial charge on any atom is 0.237 e. The topological polar surface area (TPSA) is 55.1 Å². The van der Waals surface area contributed by atoms with Gasteiger partial charge in [-0.05, 0) is 29.9 Å². The van der Waals surface area contributed by atoms with E-state index in [0.29, 0.717) is 13.0 Å². The molecular formula is C11H18N2OS. The summed E-state index contributed by atoms with van der Waals surface area (Å²) in [5, 5.41) is 4.91. The summed E-state index contributed by atoms with van der Waals surface area (Å²) < 4.78 is 0. The highest BCUT2D eigenvalue weighted by Crippen LogP contribution is 2.16. The molecule has 1 aromatic rings. The second kappa shape index (κ2) is 5.88. The summed E-state index contributed by atoms with van der Waals surface area (Å²) in [5.74, 6) is -0.0621. The SMILES string of the molecule is CCc1ccsc1CNC(=O)[C@@H](N)CC. The van der Waals surface area contributed by atoms with E-state index in [1.165, 1.54) is 10.4 Å². The van der Waals surface area contributed by atoms with Crippen LogP contribution in [-0.4, -0.2) is 11.9 Å². The van der Waals surface area contributed by atoms with Crippen molar-refractivity contribution in [1.29, 1.82) is 0 Å². The van der Waals surface area contributed by atoms with Crippen LogP contribution in [0.3, 0.4) is 0 Å². The van der Waals surface area contributed by atoms with Crippen molar-refractivity contribution in [2.45, 2.75) is 39.3 Å². The minimum Gasteiger partial charge on any atom is -0.350 e. The number of carbonyl (C=O) groups is 1. The molecule has 0 aromatic carbocycles. The third-order valence-electron chi connectivity index (χ3n) is 2.42. The standard InChI is InChI=1S/C11H18N2OS/c1-3-8-5-6-15-10(8)7-13-11(14)9(12)4-2/h5-6,9H,3-4,7,12H2,1-2H3,(H,13,14)/t9-/m0/s1. The van der Waals surface area contributed by atoms with Crippen molar-refractivity contribution >= 4 is 17.2 Å². The smallest absolute Gasteiger partial charge is 0.237 e. The van der Waals surface area contributed by atoms with Gasteiger partial charge in [-0.1, -0.05) is 13.8 Å². The summed E-state index contributed by atoms with van der Waals surface area (Å²) >= 11 is 1.68. The summed E-state index contributed by atoms with van der Waals surface area (Å²) in [4.78, 5) is 12.7. The average molecular weight is 226 g/mol. The molecule has 4 heteroatoms. The second-order valence-corrected chi connectivity index (χ2v) is 4.46. The van der Waals surface area contributed by atoms with Gasteiger partial charge >= 0.3 is 0 Å². The monoisotopic (exact) mass is 226 g/mol. The molecule has 1 atom stereocenters. The third kappa shape index (κ3) is 3.32. The number of aryl methyl sites for hydroxylation is 1. The second-order valence-electron chi connectivity index (χ2n) is 3.46. The van der Waals surface area contributed by atoms with Crippen molar-refractivity contribution in [2.75, 3.05) is 0 Å². The van der Waals surface area contributed by atoms with Crippen molar-refractivity contribution in [3.63, 3.8) is 0 Å². The van der Waals surface area contributed by atoms with Crippen molar-refractivity contribution in [1.82, 2.24) is 5.32 Å². The van der Waals surface area contributed by atoms with Gasteiger partial charge in [-0.3, -0.25) is 4.79 Å². The Bertz CT molecular complexity index is 322. The van der Waals surface area contributed by atoms with Gasteiger partial charge in [0, 0.05) is 4.88 Å². The van der Waals surface area contributed by atoms with E-state index >= 15 is 0 Å². The van der Waals surface area contributed by atoms with Crippen LogP contribution in [0.5, 0.6) is 0 Å². The van der Waals surface area contributed by atoms with E-state index in [4.69, 9.17) is 5.73 Å². The lowest BCUT2D eigenvalue weighted by molar-refractivity contribution is -0.122. The van der Waals surface area contributed by atoms with Gasteiger partial charge < -0.3 is 11.1 Å². The number of nitrogens with one attached hydrogen (secondary N) is 1. The summed E-state index contributed by atoms with van der Waals surface area (Å²) in [6.07, 6.45) is 1.69. The zero-order valence-electron chi connectivity index (χ0n) is 9.25. The minimum absolute atomic E-state index is 0.0621. The molecule has 0 aliphatic rings. The lowest BCUT2D eigenvalue weighted by Crippen LogP contribution is -2.39. The molecule has 0 aliphatic carbocycles. The first kappa shape index (κ1) is 12.2. The van der Waals surface area contributed by atoms with Gasteiger partial charge in [0.25, 0.3) is 0 Å². The van der Waals surface area contributed by atoms with E-state index in [9.17, 15) is 4.79 Å². The van der Waals surface area contributed by atoms with E-state index in [-0.39, 0.29) is 11.9 Å². The number of hydrogen-bond donors (Lipinski definition) is 2. The Labute approximate surface area is 94.7 Å². The molecule has 0 radical (unpaired) electrons. The lowest BCUT2D eigenvalue weighted by atomic mass is 10.2. The normalized spacial score (nSPS) is 12.5. The number of hydrogen-bond acceptors (Lipinski definition) is 3. The molecule has 1 aromatic heterocycles. The third-order valence-corrected chi connectivity index (χ3v) is 3.38. The van der Waals surface area contributed by atoms with Crippen LogP contribution < -0.4 is 11.1 Å². The predicted octanol–water partition coefficient (Wildman–Crippen LogP) is 1.66. The molecule has 3 N–H and O–H groups in total. The van der Waals surface area contributed by atoms with E-state index in [0.717, 1.165) is 6.42 Å². The largest absolute Gasteiger partial charge is 0.350 e. The molecular weight excluding hydrogens is 208 g/mol.